The fourth-order valence-electron chi connectivity index (χ4n) is 2.83. The topological polar surface area (TPSA) is 69.1 Å². The zero-order chi connectivity index (χ0) is 13.5. The van der Waals surface area contributed by atoms with Crippen LogP contribution in [0.1, 0.15) is 30.4 Å². The van der Waals surface area contributed by atoms with Gasteiger partial charge in [-0.2, -0.15) is 0 Å². The lowest BCUT2D eigenvalue weighted by Gasteiger charge is -2.25. The van der Waals surface area contributed by atoms with Gasteiger partial charge in [-0.15, -0.1) is 11.8 Å². The highest BCUT2D eigenvalue weighted by atomic mass is 32.2. The lowest BCUT2D eigenvalue weighted by atomic mass is 9.96. The van der Waals surface area contributed by atoms with Crippen molar-refractivity contribution >= 4 is 17.7 Å². The van der Waals surface area contributed by atoms with Gasteiger partial charge in [-0.25, -0.2) is 0 Å². The number of rotatable bonds is 5. The van der Waals surface area contributed by atoms with Gasteiger partial charge in [0.1, 0.15) is 5.54 Å². The van der Waals surface area contributed by atoms with E-state index in [0.29, 0.717) is 5.75 Å². The van der Waals surface area contributed by atoms with E-state index in [2.05, 4.69) is 18.2 Å². The zero-order valence-electron chi connectivity index (χ0n) is 11.0. The molecule has 0 bridgehead atoms. The molecule has 19 heavy (non-hydrogen) atoms. The van der Waals surface area contributed by atoms with E-state index in [1.807, 2.05) is 0 Å². The Hall–Kier alpha value is -1.00. The standard InChI is InChI=1S/C15H20N2OS/c16-14(18)15(17,12-5-6-12)9-19-13-7-4-10-2-1-3-11(10)8-13/h4,7-8,12H,1-3,5-6,9,17H2,(H2,16,18). The molecular weight excluding hydrogens is 256 g/mol. The molecule has 1 atom stereocenters. The first kappa shape index (κ1) is 13.0. The van der Waals surface area contributed by atoms with Crippen LogP contribution in [0, 0.1) is 5.92 Å². The lowest BCUT2D eigenvalue weighted by Crippen LogP contribution is -2.56. The van der Waals surface area contributed by atoms with Gasteiger partial charge in [-0.3, -0.25) is 4.79 Å². The van der Waals surface area contributed by atoms with Gasteiger partial charge in [-0.1, -0.05) is 6.07 Å². The monoisotopic (exact) mass is 276 g/mol. The number of hydrogen-bond donors (Lipinski definition) is 2. The van der Waals surface area contributed by atoms with E-state index in [1.165, 1.54) is 35.3 Å². The Morgan fingerprint density at radius 3 is 2.74 bits per heavy atom. The molecule has 2 aliphatic rings. The van der Waals surface area contributed by atoms with Gasteiger partial charge in [0, 0.05) is 10.6 Å². The lowest BCUT2D eigenvalue weighted by molar-refractivity contribution is -0.123. The molecular formula is C15H20N2OS. The molecule has 4 heteroatoms. The minimum absolute atomic E-state index is 0.284. The number of thioether (sulfide) groups is 1. The first-order chi connectivity index (χ1) is 9.09. The van der Waals surface area contributed by atoms with Crippen molar-refractivity contribution in [2.45, 2.75) is 42.5 Å². The summed E-state index contributed by atoms with van der Waals surface area (Å²) < 4.78 is 0. The molecule has 0 spiro atoms. The third-order valence-corrected chi connectivity index (χ3v) is 5.52. The van der Waals surface area contributed by atoms with Crippen LogP contribution in [-0.4, -0.2) is 17.2 Å². The normalized spacial score (nSPS) is 20.9. The van der Waals surface area contributed by atoms with Crippen LogP contribution in [0.15, 0.2) is 23.1 Å². The fourth-order valence-corrected chi connectivity index (χ4v) is 4.00. The van der Waals surface area contributed by atoms with Gasteiger partial charge in [0.15, 0.2) is 0 Å². The predicted octanol–water partition coefficient (Wildman–Crippen LogP) is 1.86. The summed E-state index contributed by atoms with van der Waals surface area (Å²) in [5, 5.41) is 0. The number of carbonyl (C=O) groups excluding carboxylic acids is 1. The van der Waals surface area contributed by atoms with Crippen molar-refractivity contribution in [3.05, 3.63) is 29.3 Å². The van der Waals surface area contributed by atoms with Crippen molar-refractivity contribution in [2.24, 2.45) is 17.4 Å². The van der Waals surface area contributed by atoms with Crippen molar-refractivity contribution in [2.75, 3.05) is 5.75 Å². The number of nitrogens with two attached hydrogens (primary N) is 2. The number of amides is 1. The molecule has 1 amide bonds. The van der Waals surface area contributed by atoms with E-state index < -0.39 is 5.54 Å². The summed E-state index contributed by atoms with van der Waals surface area (Å²) >= 11 is 1.66. The molecule has 0 aliphatic heterocycles. The summed E-state index contributed by atoms with van der Waals surface area (Å²) in [6.07, 6.45) is 5.70. The first-order valence-corrected chi connectivity index (χ1v) is 7.91. The molecule has 0 heterocycles. The van der Waals surface area contributed by atoms with Crippen LogP contribution in [0.25, 0.3) is 0 Å². The Balaban J connectivity index is 1.70. The van der Waals surface area contributed by atoms with Crippen LogP contribution < -0.4 is 11.5 Å². The minimum atomic E-state index is -0.830. The smallest absolute Gasteiger partial charge is 0.238 e. The van der Waals surface area contributed by atoms with Crippen molar-refractivity contribution < 1.29 is 4.79 Å². The van der Waals surface area contributed by atoms with Crippen molar-refractivity contribution in [1.29, 1.82) is 0 Å². The van der Waals surface area contributed by atoms with Crippen LogP contribution in [0.2, 0.25) is 0 Å². The number of fused-ring (bicyclic) bond motifs is 1. The zero-order valence-corrected chi connectivity index (χ0v) is 11.8. The van der Waals surface area contributed by atoms with Gasteiger partial charge in [0.2, 0.25) is 5.91 Å². The molecule has 1 aromatic rings. The Kier molecular flexibility index (Phi) is 3.31. The largest absolute Gasteiger partial charge is 0.368 e. The second-order valence-corrected chi connectivity index (χ2v) is 6.80. The van der Waals surface area contributed by atoms with Crippen molar-refractivity contribution in [3.63, 3.8) is 0 Å². The fraction of sp³-hybridized carbons (Fsp3) is 0.533. The molecule has 1 unspecified atom stereocenters. The molecule has 0 aromatic heterocycles. The molecule has 4 N–H and O–H groups in total. The number of carbonyl (C=O) groups is 1. The quantitative estimate of drug-likeness (QED) is 0.807. The Morgan fingerprint density at radius 1 is 1.32 bits per heavy atom. The van der Waals surface area contributed by atoms with Crippen LogP contribution >= 0.6 is 11.8 Å². The maximum absolute atomic E-state index is 11.6. The van der Waals surface area contributed by atoms with E-state index in [9.17, 15) is 4.79 Å². The van der Waals surface area contributed by atoms with E-state index in [4.69, 9.17) is 11.5 Å². The third-order valence-electron chi connectivity index (χ3n) is 4.31. The van der Waals surface area contributed by atoms with E-state index >= 15 is 0 Å². The molecule has 3 rings (SSSR count). The van der Waals surface area contributed by atoms with Crippen molar-refractivity contribution in [3.8, 4) is 0 Å². The number of aryl methyl sites for hydroxylation is 2. The molecule has 1 fully saturated rings. The van der Waals surface area contributed by atoms with Gasteiger partial charge < -0.3 is 11.5 Å². The van der Waals surface area contributed by atoms with Gasteiger partial charge in [0.25, 0.3) is 0 Å². The van der Waals surface area contributed by atoms with Crippen LogP contribution in [0.3, 0.4) is 0 Å². The van der Waals surface area contributed by atoms with E-state index in [1.54, 1.807) is 11.8 Å². The molecule has 3 nitrogen and oxygen atoms in total. The summed E-state index contributed by atoms with van der Waals surface area (Å²) in [4.78, 5) is 12.8. The molecule has 1 aromatic carbocycles. The van der Waals surface area contributed by atoms with Crippen LogP contribution in [-0.2, 0) is 17.6 Å². The number of primary amides is 1. The molecule has 102 valence electrons. The van der Waals surface area contributed by atoms with E-state index in [0.717, 1.165) is 12.8 Å². The minimum Gasteiger partial charge on any atom is -0.368 e. The second kappa shape index (κ2) is 4.84. The predicted molar refractivity (Wildman–Crippen MR) is 78.0 cm³/mol. The summed E-state index contributed by atoms with van der Waals surface area (Å²) in [6.45, 7) is 0. The maximum Gasteiger partial charge on any atom is 0.238 e. The average molecular weight is 276 g/mol. The molecule has 0 saturated heterocycles. The SMILES string of the molecule is NC(=O)C(N)(CSc1ccc2c(c1)CCC2)C1CC1. The van der Waals surface area contributed by atoms with E-state index in [-0.39, 0.29) is 11.8 Å². The Morgan fingerprint density at radius 2 is 2.05 bits per heavy atom. The molecule has 1 saturated carbocycles. The summed E-state index contributed by atoms with van der Waals surface area (Å²) in [6, 6.07) is 6.61. The highest BCUT2D eigenvalue weighted by molar-refractivity contribution is 7.99. The summed E-state index contributed by atoms with van der Waals surface area (Å²) in [5.41, 5.74) is 13.8. The summed E-state index contributed by atoms with van der Waals surface area (Å²) in [7, 11) is 0. The summed E-state index contributed by atoms with van der Waals surface area (Å²) in [5.74, 6) is 0.516. The maximum atomic E-state index is 11.6. The highest BCUT2D eigenvalue weighted by Gasteiger charge is 2.46. The Labute approximate surface area is 118 Å². The van der Waals surface area contributed by atoms with Crippen LogP contribution in [0.4, 0.5) is 0 Å². The number of benzene rings is 1. The van der Waals surface area contributed by atoms with Crippen molar-refractivity contribution in [1.82, 2.24) is 0 Å². The highest BCUT2D eigenvalue weighted by Crippen LogP contribution is 2.41. The molecule has 2 aliphatic carbocycles. The molecule has 0 radical (unpaired) electrons. The average Bonchev–Trinajstić information content (AvgIpc) is 3.14. The van der Waals surface area contributed by atoms with Gasteiger partial charge >= 0.3 is 0 Å². The second-order valence-electron chi connectivity index (χ2n) is 5.75. The number of hydrogen-bond acceptors (Lipinski definition) is 3. The Bertz CT molecular complexity index is 513. The first-order valence-electron chi connectivity index (χ1n) is 6.93. The third kappa shape index (κ3) is 2.51. The van der Waals surface area contributed by atoms with Gasteiger partial charge in [-0.05, 0) is 61.3 Å². The van der Waals surface area contributed by atoms with Gasteiger partial charge in [0.05, 0.1) is 0 Å². The van der Waals surface area contributed by atoms with Crippen LogP contribution in [0.5, 0.6) is 0 Å².